The molecule has 0 aliphatic heterocycles. The zero-order chi connectivity index (χ0) is 19.6. The molecule has 0 radical (unpaired) electrons. The predicted molar refractivity (Wildman–Crippen MR) is 103 cm³/mol. The van der Waals surface area contributed by atoms with Gasteiger partial charge in [0.1, 0.15) is 11.7 Å². The zero-order valence-corrected chi connectivity index (χ0v) is 17.2. The molecule has 0 aromatic rings. The summed E-state index contributed by atoms with van der Waals surface area (Å²) in [6.07, 6.45) is 9.96. The largest absolute Gasteiger partial charge is 0.462 e. The lowest BCUT2D eigenvalue weighted by molar-refractivity contribution is -0.160. The molecule has 3 saturated carbocycles. The van der Waals surface area contributed by atoms with Gasteiger partial charge in [-0.1, -0.05) is 25.5 Å². The van der Waals surface area contributed by atoms with E-state index in [9.17, 15) is 14.7 Å². The van der Waals surface area contributed by atoms with E-state index in [1.54, 1.807) is 6.92 Å². The summed E-state index contributed by atoms with van der Waals surface area (Å²) in [5.41, 5.74) is 0.235. The summed E-state index contributed by atoms with van der Waals surface area (Å²) in [6.45, 7) is 7.64. The first kappa shape index (κ1) is 19.2. The molecule has 27 heavy (non-hydrogen) atoms. The molecule has 4 nitrogen and oxygen atoms in total. The number of hydrogen-bond acceptors (Lipinski definition) is 4. The van der Waals surface area contributed by atoms with Crippen molar-refractivity contribution in [2.45, 2.75) is 90.8 Å². The molecule has 0 bridgehead atoms. The molecule has 150 valence electrons. The van der Waals surface area contributed by atoms with E-state index in [-0.39, 0.29) is 28.7 Å². The van der Waals surface area contributed by atoms with E-state index in [1.165, 1.54) is 12.5 Å². The second-order valence-electron chi connectivity index (χ2n) is 10.1. The van der Waals surface area contributed by atoms with Crippen LogP contribution in [0.15, 0.2) is 11.6 Å². The van der Waals surface area contributed by atoms with E-state index in [1.807, 2.05) is 0 Å². The Kier molecular flexibility index (Phi) is 4.38. The van der Waals surface area contributed by atoms with Gasteiger partial charge in [-0.3, -0.25) is 9.59 Å². The number of ketones is 1. The fourth-order valence-corrected chi connectivity index (χ4v) is 7.56. The minimum Gasteiger partial charge on any atom is -0.462 e. The number of hydrogen-bond donors (Lipinski definition) is 1. The standard InChI is InChI=1S/C23H34O4/c1-14(24)23(26)12-9-20-18-6-5-16-13-17(27-15(2)25)7-10-21(16,3)19(18)8-11-22(20,23)4/h5,17-20,26H,6-13H2,1-4H3/t17-,18-,19+,20-,21-,22-,23+/m1/s1. The molecule has 3 fully saturated rings. The van der Waals surface area contributed by atoms with Crippen molar-refractivity contribution >= 4 is 11.8 Å². The Morgan fingerprint density at radius 2 is 1.78 bits per heavy atom. The van der Waals surface area contributed by atoms with Crippen molar-refractivity contribution in [2.75, 3.05) is 0 Å². The molecule has 4 rings (SSSR count). The molecule has 4 aliphatic carbocycles. The number of carbonyl (C=O) groups excluding carboxylic acids is 2. The summed E-state index contributed by atoms with van der Waals surface area (Å²) in [4.78, 5) is 23.7. The molecule has 0 amide bonds. The van der Waals surface area contributed by atoms with E-state index < -0.39 is 5.60 Å². The summed E-state index contributed by atoms with van der Waals surface area (Å²) >= 11 is 0. The second kappa shape index (κ2) is 6.17. The van der Waals surface area contributed by atoms with E-state index in [0.29, 0.717) is 24.2 Å². The molecular weight excluding hydrogens is 340 g/mol. The quantitative estimate of drug-likeness (QED) is 0.581. The Morgan fingerprint density at radius 1 is 1.07 bits per heavy atom. The number of fused-ring (bicyclic) bond motifs is 5. The average molecular weight is 375 g/mol. The minimum atomic E-state index is -1.14. The van der Waals surface area contributed by atoms with Gasteiger partial charge in [-0.2, -0.15) is 0 Å². The molecule has 0 unspecified atom stereocenters. The van der Waals surface area contributed by atoms with E-state index in [2.05, 4.69) is 19.9 Å². The Hall–Kier alpha value is -1.16. The van der Waals surface area contributed by atoms with Crippen molar-refractivity contribution < 1.29 is 19.4 Å². The summed E-state index contributed by atoms with van der Waals surface area (Å²) in [7, 11) is 0. The molecule has 4 aliphatic rings. The van der Waals surface area contributed by atoms with E-state index in [0.717, 1.165) is 44.9 Å². The van der Waals surface area contributed by atoms with Crippen molar-refractivity contribution in [3.8, 4) is 0 Å². The van der Waals surface area contributed by atoms with Gasteiger partial charge in [-0.15, -0.1) is 0 Å². The van der Waals surface area contributed by atoms with Gasteiger partial charge < -0.3 is 9.84 Å². The maximum absolute atomic E-state index is 12.3. The lowest BCUT2D eigenvalue weighted by atomic mass is 9.47. The number of Topliss-reactive ketones (excluding diaryl/α,β-unsaturated/α-hetero) is 1. The first-order valence-electron chi connectivity index (χ1n) is 10.7. The predicted octanol–water partition coefficient (Wildman–Crippen LogP) is 4.20. The molecule has 0 aromatic carbocycles. The maximum Gasteiger partial charge on any atom is 0.302 e. The molecule has 4 heteroatoms. The molecule has 0 saturated heterocycles. The molecule has 0 spiro atoms. The van der Waals surface area contributed by atoms with Crippen LogP contribution in [0.3, 0.4) is 0 Å². The highest BCUT2D eigenvalue weighted by molar-refractivity contribution is 5.86. The van der Waals surface area contributed by atoms with Crippen molar-refractivity contribution in [1.29, 1.82) is 0 Å². The zero-order valence-electron chi connectivity index (χ0n) is 17.2. The Morgan fingerprint density at radius 3 is 2.44 bits per heavy atom. The number of rotatable bonds is 2. The lowest BCUT2D eigenvalue weighted by Crippen LogP contribution is -2.57. The first-order chi connectivity index (χ1) is 12.6. The highest BCUT2D eigenvalue weighted by atomic mass is 16.5. The van der Waals surface area contributed by atoms with Crippen LogP contribution < -0.4 is 0 Å². The fourth-order valence-electron chi connectivity index (χ4n) is 7.56. The Bertz CT molecular complexity index is 696. The van der Waals surface area contributed by atoms with Gasteiger partial charge in [-0.25, -0.2) is 0 Å². The van der Waals surface area contributed by atoms with Gasteiger partial charge >= 0.3 is 5.97 Å². The van der Waals surface area contributed by atoms with Crippen LogP contribution in [-0.4, -0.2) is 28.6 Å². The summed E-state index contributed by atoms with van der Waals surface area (Å²) in [5.74, 6) is 1.36. The average Bonchev–Trinajstić information content (AvgIpc) is 2.87. The number of ether oxygens (including phenoxy) is 1. The maximum atomic E-state index is 12.3. The van der Waals surface area contributed by atoms with E-state index in [4.69, 9.17) is 4.74 Å². The van der Waals surface area contributed by atoms with Crippen molar-refractivity contribution in [2.24, 2.45) is 28.6 Å². The van der Waals surface area contributed by atoms with Crippen LogP contribution in [0.5, 0.6) is 0 Å². The van der Waals surface area contributed by atoms with Crippen LogP contribution in [0, 0.1) is 28.6 Å². The van der Waals surface area contributed by atoms with Gasteiger partial charge in [0.2, 0.25) is 0 Å². The first-order valence-corrected chi connectivity index (χ1v) is 10.7. The highest BCUT2D eigenvalue weighted by Gasteiger charge is 2.65. The summed E-state index contributed by atoms with van der Waals surface area (Å²) in [6, 6.07) is 0. The Labute approximate surface area is 162 Å². The smallest absolute Gasteiger partial charge is 0.302 e. The highest BCUT2D eigenvalue weighted by Crippen LogP contribution is 2.67. The molecular formula is C23H34O4. The normalized spacial score (nSPS) is 48.7. The van der Waals surface area contributed by atoms with Gasteiger partial charge in [0.25, 0.3) is 0 Å². The van der Waals surface area contributed by atoms with Crippen LogP contribution in [0.4, 0.5) is 0 Å². The molecule has 0 aromatic heterocycles. The second-order valence-corrected chi connectivity index (χ2v) is 10.1. The summed E-state index contributed by atoms with van der Waals surface area (Å²) < 4.78 is 5.51. The number of esters is 1. The minimum absolute atomic E-state index is 0.0292. The number of carbonyl (C=O) groups is 2. The SMILES string of the molecule is CC(=O)O[C@@H]1CC[C@]2(C)C(=CC[C@H]3[C@H]4CC[C@](O)(C(C)=O)[C@]4(C)CC[C@@H]32)C1. The van der Waals surface area contributed by atoms with Crippen LogP contribution in [-0.2, 0) is 14.3 Å². The topological polar surface area (TPSA) is 63.6 Å². The molecule has 7 atom stereocenters. The van der Waals surface area contributed by atoms with Crippen molar-refractivity contribution in [3.63, 3.8) is 0 Å². The Balaban J connectivity index is 1.61. The number of allylic oxidation sites excluding steroid dienone is 1. The number of aliphatic hydroxyl groups is 1. The van der Waals surface area contributed by atoms with Gasteiger partial charge in [0, 0.05) is 18.8 Å². The van der Waals surface area contributed by atoms with Crippen LogP contribution >= 0.6 is 0 Å². The third kappa shape index (κ3) is 2.58. The van der Waals surface area contributed by atoms with Crippen molar-refractivity contribution in [3.05, 3.63) is 11.6 Å². The molecule has 1 N–H and O–H groups in total. The molecule has 0 heterocycles. The lowest BCUT2D eigenvalue weighted by Gasteiger charge is -2.58. The fraction of sp³-hybridized carbons (Fsp3) is 0.826. The monoisotopic (exact) mass is 374 g/mol. The third-order valence-corrected chi connectivity index (χ3v) is 9.13. The third-order valence-electron chi connectivity index (χ3n) is 9.13. The van der Waals surface area contributed by atoms with Gasteiger partial charge in [0.05, 0.1) is 0 Å². The summed E-state index contributed by atoms with van der Waals surface area (Å²) in [5, 5.41) is 11.2. The van der Waals surface area contributed by atoms with Crippen LogP contribution in [0.2, 0.25) is 0 Å². The van der Waals surface area contributed by atoms with Crippen molar-refractivity contribution in [1.82, 2.24) is 0 Å². The van der Waals surface area contributed by atoms with Crippen LogP contribution in [0.1, 0.15) is 79.1 Å². The van der Waals surface area contributed by atoms with Gasteiger partial charge in [-0.05, 0) is 75.0 Å². The van der Waals surface area contributed by atoms with Gasteiger partial charge in [0.15, 0.2) is 5.78 Å². The van der Waals surface area contributed by atoms with E-state index >= 15 is 0 Å². The van der Waals surface area contributed by atoms with Crippen LogP contribution in [0.25, 0.3) is 0 Å².